The van der Waals surface area contributed by atoms with E-state index in [4.69, 9.17) is 9.84 Å². The van der Waals surface area contributed by atoms with E-state index in [1.165, 1.54) is 6.07 Å². The molecule has 3 nitrogen and oxygen atoms in total. The van der Waals surface area contributed by atoms with Crippen molar-refractivity contribution in [2.45, 2.75) is 5.60 Å². The van der Waals surface area contributed by atoms with Gasteiger partial charge in [-0.15, -0.1) is 0 Å². The van der Waals surface area contributed by atoms with Crippen LogP contribution in [0.5, 0.6) is 5.75 Å². The first-order valence-electron chi connectivity index (χ1n) is 5.08. The number of carboxylic acid groups (broad SMARTS) is 1. The van der Waals surface area contributed by atoms with Crippen LogP contribution in [0.2, 0.25) is 0 Å². The van der Waals surface area contributed by atoms with Gasteiger partial charge in [-0.1, -0.05) is 0 Å². The fourth-order valence-corrected chi connectivity index (χ4v) is 2.23. The van der Waals surface area contributed by atoms with Crippen LogP contribution in [0.25, 0.3) is 5.57 Å². The number of carboxylic acids is 1. The van der Waals surface area contributed by atoms with Crippen molar-refractivity contribution in [2.24, 2.45) is 0 Å². The molecule has 1 N–H and O–H groups in total. The molecule has 0 amide bonds. The Morgan fingerprint density at radius 2 is 2.06 bits per heavy atom. The second kappa shape index (κ2) is 4.83. The van der Waals surface area contributed by atoms with E-state index in [1.807, 2.05) is 22.6 Å². The van der Waals surface area contributed by atoms with Crippen LogP contribution in [-0.2, 0) is 4.79 Å². The van der Waals surface area contributed by atoms with Gasteiger partial charge in [-0.2, -0.15) is 0 Å². The number of rotatable bonds is 3. The largest absolute Gasteiger partial charge is 0.478 e. The number of carbonyl (C=O) groups is 1. The van der Waals surface area contributed by atoms with E-state index in [0.717, 1.165) is 9.65 Å². The first-order valence-corrected chi connectivity index (χ1v) is 6.16. The van der Waals surface area contributed by atoms with Crippen molar-refractivity contribution in [3.8, 4) is 5.75 Å². The van der Waals surface area contributed by atoms with E-state index in [0.29, 0.717) is 5.56 Å². The smallest absolute Gasteiger partial charge is 0.336 e. The van der Waals surface area contributed by atoms with Crippen molar-refractivity contribution in [3.05, 3.63) is 33.4 Å². The summed E-state index contributed by atoms with van der Waals surface area (Å²) < 4.78 is 32.0. The minimum Gasteiger partial charge on any atom is -0.478 e. The van der Waals surface area contributed by atoms with Gasteiger partial charge < -0.3 is 9.84 Å². The van der Waals surface area contributed by atoms with E-state index < -0.39 is 24.9 Å². The zero-order valence-corrected chi connectivity index (χ0v) is 11.3. The maximum atomic E-state index is 12.9. The molecule has 0 spiro atoms. The third-order valence-corrected chi connectivity index (χ3v) is 3.31. The summed E-state index contributed by atoms with van der Waals surface area (Å²) in [6, 6.07) is 4.81. The Morgan fingerprint density at radius 3 is 2.61 bits per heavy atom. The molecular formula is C12H9F2IO3. The number of aliphatic carboxylic acids is 1. The van der Waals surface area contributed by atoms with Crippen molar-refractivity contribution in [1.29, 1.82) is 0 Å². The third kappa shape index (κ3) is 2.21. The number of ether oxygens (including phenoxy) is 1. The second-order valence-corrected chi connectivity index (χ2v) is 5.18. The van der Waals surface area contributed by atoms with Crippen LogP contribution in [0.1, 0.15) is 5.56 Å². The zero-order valence-electron chi connectivity index (χ0n) is 9.12. The molecular weight excluding hydrogens is 357 g/mol. The molecule has 0 bridgehead atoms. The Labute approximate surface area is 116 Å². The lowest BCUT2D eigenvalue weighted by molar-refractivity contribution is -0.130. The van der Waals surface area contributed by atoms with Gasteiger partial charge in [-0.3, -0.25) is 0 Å². The normalized spacial score (nSPS) is 16.5. The Balaban J connectivity index is 2.61. The van der Waals surface area contributed by atoms with Crippen molar-refractivity contribution >= 4 is 34.1 Å². The summed E-state index contributed by atoms with van der Waals surface area (Å²) in [5.41, 5.74) is -1.62. The number of benzene rings is 1. The Bertz CT molecular complexity index is 524. The monoisotopic (exact) mass is 366 g/mol. The van der Waals surface area contributed by atoms with E-state index in [-0.39, 0.29) is 11.3 Å². The summed E-state index contributed by atoms with van der Waals surface area (Å²) in [6.45, 7) is -2.24. The molecule has 0 saturated heterocycles. The summed E-state index contributed by atoms with van der Waals surface area (Å²) in [5, 5.41) is 9.13. The van der Waals surface area contributed by atoms with E-state index in [1.54, 1.807) is 12.1 Å². The van der Waals surface area contributed by atoms with Crippen LogP contribution < -0.4 is 4.74 Å². The lowest BCUT2D eigenvalue weighted by Crippen LogP contribution is -2.41. The van der Waals surface area contributed by atoms with Gasteiger partial charge in [0, 0.05) is 9.13 Å². The molecule has 0 radical (unpaired) electrons. The SMILES string of the molecule is O=C(O)C1=CC(CF)(CF)Oc2ccc(I)cc21. The molecule has 1 aromatic carbocycles. The van der Waals surface area contributed by atoms with E-state index >= 15 is 0 Å². The first-order chi connectivity index (χ1) is 8.51. The van der Waals surface area contributed by atoms with Crippen LogP contribution in [0.3, 0.4) is 0 Å². The van der Waals surface area contributed by atoms with Crippen molar-refractivity contribution in [1.82, 2.24) is 0 Å². The van der Waals surface area contributed by atoms with E-state index in [9.17, 15) is 13.6 Å². The molecule has 1 heterocycles. The summed E-state index contributed by atoms with van der Waals surface area (Å²) in [5.74, 6) is -1.04. The highest BCUT2D eigenvalue weighted by atomic mass is 127. The van der Waals surface area contributed by atoms with Crippen molar-refractivity contribution in [2.75, 3.05) is 13.3 Å². The Kier molecular flexibility index (Phi) is 3.56. The molecule has 96 valence electrons. The van der Waals surface area contributed by atoms with Crippen LogP contribution in [-0.4, -0.2) is 30.0 Å². The fraction of sp³-hybridized carbons (Fsp3) is 0.250. The molecule has 0 atom stereocenters. The topological polar surface area (TPSA) is 46.5 Å². The van der Waals surface area contributed by atoms with Gasteiger partial charge in [0.05, 0.1) is 5.57 Å². The fourth-order valence-electron chi connectivity index (χ4n) is 1.74. The van der Waals surface area contributed by atoms with Crippen LogP contribution >= 0.6 is 22.6 Å². The Hall–Kier alpha value is -1.18. The van der Waals surface area contributed by atoms with Gasteiger partial charge in [-0.05, 0) is 46.9 Å². The third-order valence-electron chi connectivity index (χ3n) is 2.64. The summed E-state index contributed by atoms with van der Waals surface area (Å²) in [4.78, 5) is 11.2. The molecule has 0 aliphatic carbocycles. The summed E-state index contributed by atoms with van der Waals surface area (Å²) >= 11 is 2.02. The molecule has 2 rings (SSSR count). The number of hydrogen-bond donors (Lipinski definition) is 1. The van der Waals surface area contributed by atoms with Crippen molar-refractivity contribution in [3.63, 3.8) is 0 Å². The summed E-state index contributed by atoms with van der Waals surface area (Å²) in [7, 11) is 0. The van der Waals surface area contributed by atoms with Crippen molar-refractivity contribution < 1.29 is 23.4 Å². The first kappa shape index (κ1) is 13.3. The molecule has 1 aliphatic heterocycles. The van der Waals surface area contributed by atoms with Gasteiger partial charge in [0.2, 0.25) is 0 Å². The maximum Gasteiger partial charge on any atom is 0.336 e. The van der Waals surface area contributed by atoms with Crippen LogP contribution in [0.15, 0.2) is 24.3 Å². The zero-order chi connectivity index (χ0) is 13.3. The second-order valence-electron chi connectivity index (χ2n) is 3.94. The molecule has 0 saturated carbocycles. The number of hydrogen-bond acceptors (Lipinski definition) is 2. The predicted octanol–water partition coefficient (Wildman–Crippen LogP) is 2.83. The molecule has 0 unspecified atom stereocenters. The molecule has 6 heteroatoms. The molecule has 1 aromatic rings. The lowest BCUT2D eigenvalue weighted by Gasteiger charge is -2.31. The standard InChI is InChI=1S/C12H9F2IO3/c13-5-12(6-14)4-9(11(16)17)8-3-7(15)1-2-10(8)18-12/h1-4H,5-6H2,(H,16,17). The highest BCUT2D eigenvalue weighted by Gasteiger charge is 2.38. The molecule has 0 aromatic heterocycles. The minimum absolute atomic E-state index is 0.134. The highest BCUT2D eigenvalue weighted by Crippen LogP contribution is 2.37. The lowest BCUT2D eigenvalue weighted by atomic mass is 9.94. The molecule has 0 fully saturated rings. The maximum absolute atomic E-state index is 12.9. The van der Waals surface area contributed by atoms with Gasteiger partial charge in [0.25, 0.3) is 0 Å². The van der Waals surface area contributed by atoms with Gasteiger partial charge in [0.1, 0.15) is 19.1 Å². The summed E-state index contributed by atoms with van der Waals surface area (Å²) in [6.07, 6.45) is 1.01. The average Bonchev–Trinajstić information content (AvgIpc) is 2.37. The average molecular weight is 366 g/mol. The van der Waals surface area contributed by atoms with E-state index in [2.05, 4.69) is 0 Å². The quantitative estimate of drug-likeness (QED) is 0.837. The van der Waals surface area contributed by atoms with Gasteiger partial charge in [-0.25, -0.2) is 13.6 Å². The van der Waals surface area contributed by atoms with Gasteiger partial charge in [0.15, 0.2) is 5.60 Å². The highest BCUT2D eigenvalue weighted by molar-refractivity contribution is 14.1. The number of alkyl halides is 2. The Morgan fingerprint density at radius 1 is 1.39 bits per heavy atom. The predicted molar refractivity (Wildman–Crippen MR) is 70.1 cm³/mol. The minimum atomic E-state index is -1.83. The van der Waals surface area contributed by atoms with Gasteiger partial charge >= 0.3 is 5.97 Å². The number of halogens is 3. The number of fused-ring (bicyclic) bond motifs is 1. The van der Waals surface area contributed by atoms with Crippen LogP contribution in [0, 0.1) is 3.57 Å². The molecule has 18 heavy (non-hydrogen) atoms. The molecule has 1 aliphatic rings. The van der Waals surface area contributed by atoms with Crippen LogP contribution in [0.4, 0.5) is 8.78 Å².